The van der Waals surface area contributed by atoms with Crippen molar-refractivity contribution in [3.05, 3.63) is 64.2 Å². The number of rotatable bonds is 6. The molecule has 0 aromatic heterocycles. The molecule has 1 N–H and O–H groups in total. The van der Waals surface area contributed by atoms with Crippen LogP contribution in [0.1, 0.15) is 66.6 Å². The summed E-state index contributed by atoms with van der Waals surface area (Å²) < 4.78 is 27.8. The van der Waals surface area contributed by atoms with Gasteiger partial charge < -0.3 is 5.32 Å². The van der Waals surface area contributed by atoms with Crippen LogP contribution in [0.3, 0.4) is 0 Å². The van der Waals surface area contributed by atoms with Crippen molar-refractivity contribution in [3.8, 4) is 0 Å². The third kappa shape index (κ3) is 5.23. The first-order chi connectivity index (χ1) is 14.3. The number of halogens is 1. The number of carbonyl (C=O) groups excluding carboxylic acids is 1. The Balaban J connectivity index is 1.84. The quantitative estimate of drug-likeness (QED) is 0.668. The standard InChI is InChI=1S/C23H29ClN2O3S/c1-3-21(18-10-8-17(2)9-11-18)25-23(27)19-12-13-20(24)22(16-19)30(28,29)26-14-6-4-5-7-15-26/h8-13,16,21H,3-7,14-15H2,1-2H3,(H,25,27)/t21-/m0/s1. The summed E-state index contributed by atoms with van der Waals surface area (Å²) >= 11 is 6.25. The van der Waals surface area contributed by atoms with E-state index in [1.807, 2.05) is 38.1 Å². The van der Waals surface area contributed by atoms with Gasteiger partial charge in [0.05, 0.1) is 11.1 Å². The lowest BCUT2D eigenvalue weighted by atomic mass is 10.0. The summed E-state index contributed by atoms with van der Waals surface area (Å²) in [5.74, 6) is -0.314. The molecule has 5 nitrogen and oxygen atoms in total. The van der Waals surface area contributed by atoms with Gasteiger partial charge in [-0.3, -0.25) is 4.79 Å². The Labute approximate surface area is 184 Å². The first-order valence-corrected chi connectivity index (χ1v) is 12.3. The van der Waals surface area contributed by atoms with Crippen molar-refractivity contribution in [2.45, 2.75) is 56.9 Å². The Hall–Kier alpha value is -1.89. The van der Waals surface area contributed by atoms with E-state index in [-0.39, 0.29) is 21.9 Å². The summed E-state index contributed by atoms with van der Waals surface area (Å²) in [6.45, 7) is 4.99. The summed E-state index contributed by atoms with van der Waals surface area (Å²) in [5.41, 5.74) is 2.46. The summed E-state index contributed by atoms with van der Waals surface area (Å²) in [7, 11) is -3.74. The predicted molar refractivity (Wildman–Crippen MR) is 120 cm³/mol. The Morgan fingerprint density at radius 1 is 1.07 bits per heavy atom. The Morgan fingerprint density at radius 3 is 2.30 bits per heavy atom. The molecule has 0 bridgehead atoms. The normalized spacial score (nSPS) is 16.6. The van der Waals surface area contributed by atoms with E-state index in [0.717, 1.165) is 43.2 Å². The van der Waals surface area contributed by atoms with Crippen molar-refractivity contribution in [1.29, 1.82) is 0 Å². The second kappa shape index (κ2) is 9.94. The largest absolute Gasteiger partial charge is 0.345 e. The minimum atomic E-state index is -3.74. The van der Waals surface area contributed by atoms with E-state index in [2.05, 4.69) is 5.32 Å². The van der Waals surface area contributed by atoms with Gasteiger partial charge in [0, 0.05) is 18.7 Å². The van der Waals surface area contributed by atoms with Crippen LogP contribution in [-0.4, -0.2) is 31.7 Å². The zero-order valence-corrected chi connectivity index (χ0v) is 19.1. The number of benzene rings is 2. The lowest BCUT2D eigenvalue weighted by Gasteiger charge is -2.21. The van der Waals surface area contributed by atoms with E-state index in [1.165, 1.54) is 16.4 Å². The molecule has 2 aromatic carbocycles. The summed E-state index contributed by atoms with van der Waals surface area (Å²) in [6.07, 6.45) is 4.46. The third-order valence-corrected chi connectivity index (χ3v) is 7.95. The molecule has 1 aliphatic rings. The number of nitrogens with one attached hydrogen (secondary N) is 1. The fourth-order valence-corrected chi connectivity index (χ4v) is 5.74. The fraction of sp³-hybridized carbons (Fsp3) is 0.435. The monoisotopic (exact) mass is 448 g/mol. The van der Waals surface area contributed by atoms with Crippen molar-refractivity contribution < 1.29 is 13.2 Å². The number of sulfonamides is 1. The van der Waals surface area contributed by atoms with Gasteiger partial charge in [-0.25, -0.2) is 8.42 Å². The van der Waals surface area contributed by atoms with Crippen LogP contribution < -0.4 is 5.32 Å². The van der Waals surface area contributed by atoms with Crippen LogP contribution >= 0.6 is 11.6 Å². The number of aryl methyl sites for hydroxylation is 1. The SMILES string of the molecule is CC[C@H](NC(=O)c1ccc(Cl)c(S(=O)(=O)N2CCCCCC2)c1)c1ccc(C)cc1. The van der Waals surface area contributed by atoms with Crippen molar-refractivity contribution in [2.24, 2.45) is 0 Å². The fourth-order valence-electron chi connectivity index (χ4n) is 3.72. The van der Waals surface area contributed by atoms with Gasteiger partial charge in [-0.05, 0) is 49.9 Å². The van der Waals surface area contributed by atoms with Gasteiger partial charge in [0.2, 0.25) is 10.0 Å². The molecule has 1 saturated heterocycles. The Kier molecular flexibility index (Phi) is 7.55. The highest BCUT2D eigenvalue weighted by Crippen LogP contribution is 2.28. The molecule has 1 amide bonds. The van der Waals surface area contributed by atoms with E-state index in [9.17, 15) is 13.2 Å². The molecule has 3 rings (SSSR count). The highest BCUT2D eigenvalue weighted by Gasteiger charge is 2.28. The number of nitrogens with zero attached hydrogens (tertiary/aromatic N) is 1. The van der Waals surface area contributed by atoms with Gasteiger partial charge in [0.1, 0.15) is 4.90 Å². The molecule has 1 aliphatic heterocycles. The van der Waals surface area contributed by atoms with Crippen molar-refractivity contribution >= 4 is 27.5 Å². The molecular weight excluding hydrogens is 420 g/mol. The Bertz CT molecular complexity index is 982. The molecule has 0 aliphatic carbocycles. The van der Waals surface area contributed by atoms with E-state index in [4.69, 9.17) is 11.6 Å². The summed E-state index contributed by atoms with van der Waals surface area (Å²) in [4.78, 5) is 12.9. The van der Waals surface area contributed by atoms with Gasteiger partial charge in [-0.1, -0.05) is 61.2 Å². The molecule has 0 spiro atoms. The smallest absolute Gasteiger partial charge is 0.251 e. The van der Waals surface area contributed by atoms with Gasteiger partial charge in [-0.2, -0.15) is 4.31 Å². The number of amides is 1. The van der Waals surface area contributed by atoms with Gasteiger partial charge in [0.25, 0.3) is 5.91 Å². The van der Waals surface area contributed by atoms with Crippen molar-refractivity contribution in [2.75, 3.05) is 13.1 Å². The van der Waals surface area contributed by atoms with Crippen LogP contribution in [0, 0.1) is 6.92 Å². The second-order valence-corrected chi connectivity index (χ2v) is 10.1. The van der Waals surface area contributed by atoms with Gasteiger partial charge in [-0.15, -0.1) is 0 Å². The van der Waals surface area contributed by atoms with Crippen LogP contribution in [0.25, 0.3) is 0 Å². The van der Waals surface area contributed by atoms with E-state index in [1.54, 1.807) is 6.07 Å². The minimum absolute atomic E-state index is 0.00195. The van der Waals surface area contributed by atoms with Gasteiger partial charge >= 0.3 is 0 Å². The molecule has 30 heavy (non-hydrogen) atoms. The maximum Gasteiger partial charge on any atom is 0.251 e. The maximum atomic E-state index is 13.2. The van der Waals surface area contributed by atoms with Crippen LogP contribution in [0.5, 0.6) is 0 Å². The molecule has 0 saturated carbocycles. The van der Waals surface area contributed by atoms with Gasteiger partial charge in [0.15, 0.2) is 0 Å². The van der Waals surface area contributed by atoms with E-state index < -0.39 is 10.0 Å². The highest BCUT2D eigenvalue weighted by atomic mass is 35.5. The third-order valence-electron chi connectivity index (χ3n) is 5.57. The molecule has 0 unspecified atom stereocenters. The van der Waals surface area contributed by atoms with Crippen molar-refractivity contribution in [3.63, 3.8) is 0 Å². The molecule has 7 heteroatoms. The lowest BCUT2D eigenvalue weighted by Crippen LogP contribution is -2.32. The topological polar surface area (TPSA) is 66.5 Å². The lowest BCUT2D eigenvalue weighted by molar-refractivity contribution is 0.0935. The average Bonchev–Trinajstić information content (AvgIpc) is 3.03. The minimum Gasteiger partial charge on any atom is -0.345 e. The number of carbonyl (C=O) groups is 1. The molecule has 2 aromatic rings. The zero-order chi connectivity index (χ0) is 21.7. The summed E-state index contributed by atoms with van der Waals surface area (Å²) in [6, 6.07) is 12.3. The molecule has 1 fully saturated rings. The summed E-state index contributed by atoms with van der Waals surface area (Å²) in [5, 5.41) is 3.16. The van der Waals surface area contributed by atoms with Crippen molar-refractivity contribution in [1.82, 2.24) is 9.62 Å². The molecular formula is C23H29ClN2O3S. The molecule has 162 valence electrons. The number of hydrogen-bond acceptors (Lipinski definition) is 3. The van der Waals surface area contributed by atoms with E-state index in [0.29, 0.717) is 18.7 Å². The average molecular weight is 449 g/mol. The van der Waals surface area contributed by atoms with Crippen LogP contribution in [0.15, 0.2) is 47.4 Å². The molecule has 0 radical (unpaired) electrons. The highest BCUT2D eigenvalue weighted by molar-refractivity contribution is 7.89. The Morgan fingerprint density at radius 2 is 1.70 bits per heavy atom. The molecule has 1 heterocycles. The van der Waals surface area contributed by atoms with Crippen LogP contribution in [0.4, 0.5) is 0 Å². The predicted octanol–water partition coefficient (Wildman–Crippen LogP) is 5.09. The number of hydrogen-bond donors (Lipinski definition) is 1. The first-order valence-electron chi connectivity index (χ1n) is 10.5. The molecule has 1 atom stereocenters. The first kappa shape index (κ1) is 22.8. The van der Waals surface area contributed by atoms with Crippen LogP contribution in [0.2, 0.25) is 5.02 Å². The zero-order valence-electron chi connectivity index (χ0n) is 17.5. The second-order valence-electron chi connectivity index (χ2n) is 7.81. The van der Waals surface area contributed by atoms with Crippen LogP contribution in [-0.2, 0) is 10.0 Å². The van der Waals surface area contributed by atoms with E-state index >= 15 is 0 Å². The maximum absolute atomic E-state index is 13.2.